The van der Waals surface area contributed by atoms with Gasteiger partial charge in [0.05, 0.1) is 6.54 Å². The average molecular weight is 295 g/mol. The summed E-state index contributed by atoms with van der Waals surface area (Å²) in [4.78, 5) is 16.9. The van der Waals surface area contributed by atoms with Crippen molar-refractivity contribution in [2.45, 2.75) is 51.5 Å². The summed E-state index contributed by atoms with van der Waals surface area (Å²) in [6.07, 6.45) is 7.44. The van der Waals surface area contributed by atoms with Gasteiger partial charge in [0.2, 0.25) is 5.91 Å². The van der Waals surface area contributed by atoms with Crippen molar-refractivity contribution in [2.75, 3.05) is 40.3 Å². The van der Waals surface area contributed by atoms with Gasteiger partial charge in [-0.2, -0.15) is 0 Å². The summed E-state index contributed by atoms with van der Waals surface area (Å²) in [5, 5.41) is 3.27. The first-order valence-corrected chi connectivity index (χ1v) is 8.72. The van der Waals surface area contributed by atoms with E-state index in [-0.39, 0.29) is 0 Å². The maximum Gasteiger partial charge on any atom is 0.236 e. The molecule has 1 unspecified atom stereocenters. The molecule has 0 aromatic carbocycles. The summed E-state index contributed by atoms with van der Waals surface area (Å²) in [7, 11) is 4.03. The smallest absolute Gasteiger partial charge is 0.236 e. The Kier molecular flexibility index (Phi) is 6.49. The second kappa shape index (κ2) is 8.14. The van der Waals surface area contributed by atoms with Crippen LogP contribution in [0.5, 0.6) is 0 Å². The maximum atomic E-state index is 12.5. The summed E-state index contributed by atoms with van der Waals surface area (Å²) in [5.41, 5.74) is 0. The monoisotopic (exact) mass is 295 g/mol. The highest BCUT2D eigenvalue weighted by Gasteiger charge is 2.27. The Morgan fingerprint density at radius 1 is 1.24 bits per heavy atom. The van der Waals surface area contributed by atoms with Crippen LogP contribution in [0.3, 0.4) is 0 Å². The molecule has 0 aromatic heterocycles. The molecule has 1 aliphatic carbocycles. The third-order valence-electron chi connectivity index (χ3n) is 5.38. The Morgan fingerprint density at radius 2 is 1.95 bits per heavy atom. The zero-order valence-electron chi connectivity index (χ0n) is 14.1. The highest BCUT2D eigenvalue weighted by atomic mass is 16.2. The number of amides is 1. The van der Waals surface area contributed by atoms with Crippen LogP contribution >= 0.6 is 0 Å². The molecule has 1 atom stereocenters. The Balaban J connectivity index is 1.77. The average Bonchev–Trinajstić information content (AvgIpc) is 2.48. The van der Waals surface area contributed by atoms with E-state index in [0.717, 1.165) is 25.6 Å². The fourth-order valence-electron chi connectivity index (χ4n) is 3.89. The van der Waals surface area contributed by atoms with Gasteiger partial charge < -0.3 is 10.2 Å². The van der Waals surface area contributed by atoms with E-state index in [1.54, 1.807) is 0 Å². The van der Waals surface area contributed by atoms with Crippen molar-refractivity contribution in [1.82, 2.24) is 15.1 Å². The Morgan fingerprint density at radius 3 is 2.62 bits per heavy atom. The first kappa shape index (κ1) is 16.8. The molecule has 2 aliphatic rings. The van der Waals surface area contributed by atoms with Crippen LogP contribution in [0.2, 0.25) is 0 Å². The molecule has 1 N–H and O–H groups in total. The number of likely N-dealkylation sites (tertiary alicyclic amines) is 1. The van der Waals surface area contributed by atoms with Crippen LogP contribution in [0.4, 0.5) is 0 Å². The normalized spacial score (nSPS) is 31.1. The molecule has 122 valence electrons. The number of nitrogens with one attached hydrogen (secondary N) is 1. The SMILES string of the molecule is CNCC1CCCN(CC(=O)N(C)C2CCC(C)CC2)C1. The quantitative estimate of drug-likeness (QED) is 0.842. The molecular weight excluding hydrogens is 262 g/mol. The van der Waals surface area contributed by atoms with E-state index in [2.05, 4.69) is 17.1 Å². The molecule has 4 heteroatoms. The van der Waals surface area contributed by atoms with Crippen LogP contribution in [0.15, 0.2) is 0 Å². The van der Waals surface area contributed by atoms with Crippen LogP contribution in [-0.4, -0.2) is 62.0 Å². The zero-order valence-corrected chi connectivity index (χ0v) is 14.1. The van der Waals surface area contributed by atoms with Crippen molar-refractivity contribution in [3.05, 3.63) is 0 Å². The van der Waals surface area contributed by atoms with Gasteiger partial charge in [0.15, 0.2) is 0 Å². The molecule has 1 amide bonds. The number of nitrogens with zero attached hydrogens (tertiary/aromatic N) is 2. The third-order valence-corrected chi connectivity index (χ3v) is 5.38. The lowest BCUT2D eigenvalue weighted by Gasteiger charge is -2.37. The van der Waals surface area contributed by atoms with Crippen molar-refractivity contribution in [1.29, 1.82) is 0 Å². The maximum absolute atomic E-state index is 12.5. The number of hydrogen-bond acceptors (Lipinski definition) is 3. The number of likely N-dealkylation sites (N-methyl/N-ethyl adjacent to an activating group) is 1. The van der Waals surface area contributed by atoms with Crippen LogP contribution in [0.1, 0.15) is 45.4 Å². The summed E-state index contributed by atoms with van der Waals surface area (Å²) in [6, 6.07) is 0.478. The number of rotatable bonds is 5. The lowest BCUT2D eigenvalue weighted by Crippen LogP contribution is -2.47. The van der Waals surface area contributed by atoms with Gasteiger partial charge in [-0.25, -0.2) is 0 Å². The second-order valence-electron chi connectivity index (χ2n) is 7.22. The Bertz CT molecular complexity index is 324. The van der Waals surface area contributed by atoms with Gasteiger partial charge in [-0.3, -0.25) is 9.69 Å². The van der Waals surface area contributed by atoms with E-state index in [1.807, 2.05) is 19.0 Å². The Hall–Kier alpha value is -0.610. The molecule has 2 rings (SSSR count). The molecule has 1 heterocycles. The van der Waals surface area contributed by atoms with E-state index < -0.39 is 0 Å². The lowest BCUT2D eigenvalue weighted by atomic mass is 9.87. The summed E-state index contributed by atoms with van der Waals surface area (Å²) in [5.74, 6) is 1.87. The third kappa shape index (κ3) is 4.96. The van der Waals surface area contributed by atoms with E-state index in [0.29, 0.717) is 24.4 Å². The highest BCUT2D eigenvalue weighted by Crippen LogP contribution is 2.26. The molecule has 0 radical (unpaired) electrons. The van der Waals surface area contributed by atoms with Crippen LogP contribution < -0.4 is 5.32 Å². The van der Waals surface area contributed by atoms with Crippen LogP contribution in [-0.2, 0) is 4.79 Å². The molecule has 4 nitrogen and oxygen atoms in total. The van der Waals surface area contributed by atoms with Gasteiger partial charge >= 0.3 is 0 Å². The standard InChI is InChI=1S/C17H33N3O/c1-14-6-8-16(9-7-14)19(3)17(21)13-20-10-4-5-15(12-20)11-18-2/h14-16,18H,4-13H2,1-3H3. The minimum Gasteiger partial charge on any atom is -0.342 e. The van der Waals surface area contributed by atoms with Crippen molar-refractivity contribution in [3.63, 3.8) is 0 Å². The summed E-state index contributed by atoms with van der Waals surface area (Å²) < 4.78 is 0. The Labute approximate surface area is 130 Å². The molecule has 0 aromatic rings. The topological polar surface area (TPSA) is 35.6 Å². The fraction of sp³-hybridized carbons (Fsp3) is 0.941. The number of carbonyl (C=O) groups excluding carboxylic acids is 1. The van der Waals surface area contributed by atoms with Crippen molar-refractivity contribution < 1.29 is 4.79 Å². The number of carbonyl (C=O) groups is 1. The van der Waals surface area contributed by atoms with Gasteiger partial charge in [-0.1, -0.05) is 6.92 Å². The van der Waals surface area contributed by atoms with Gasteiger partial charge in [0.1, 0.15) is 0 Å². The molecular formula is C17H33N3O. The number of piperidine rings is 1. The molecule has 1 aliphatic heterocycles. The van der Waals surface area contributed by atoms with E-state index >= 15 is 0 Å². The molecule has 21 heavy (non-hydrogen) atoms. The predicted molar refractivity (Wildman–Crippen MR) is 87.3 cm³/mol. The minimum atomic E-state index is 0.319. The molecule has 2 fully saturated rings. The van der Waals surface area contributed by atoms with Crippen molar-refractivity contribution in [2.24, 2.45) is 11.8 Å². The van der Waals surface area contributed by atoms with Gasteiger partial charge in [-0.05, 0) is 70.5 Å². The van der Waals surface area contributed by atoms with Crippen molar-refractivity contribution >= 4 is 5.91 Å². The van der Waals surface area contributed by atoms with Gasteiger partial charge in [0, 0.05) is 19.6 Å². The minimum absolute atomic E-state index is 0.319. The highest BCUT2D eigenvalue weighted by molar-refractivity contribution is 5.78. The summed E-state index contributed by atoms with van der Waals surface area (Å²) >= 11 is 0. The van der Waals surface area contributed by atoms with Crippen molar-refractivity contribution in [3.8, 4) is 0 Å². The first-order chi connectivity index (χ1) is 10.1. The lowest BCUT2D eigenvalue weighted by molar-refractivity contribution is -0.134. The van der Waals surface area contributed by atoms with Gasteiger partial charge in [-0.15, -0.1) is 0 Å². The largest absolute Gasteiger partial charge is 0.342 e. The second-order valence-corrected chi connectivity index (χ2v) is 7.22. The summed E-state index contributed by atoms with van der Waals surface area (Å²) in [6.45, 7) is 6.17. The fourth-order valence-corrected chi connectivity index (χ4v) is 3.89. The van der Waals surface area contributed by atoms with E-state index in [9.17, 15) is 4.79 Å². The van der Waals surface area contributed by atoms with Crippen LogP contribution in [0, 0.1) is 11.8 Å². The molecule has 0 spiro atoms. The molecule has 1 saturated carbocycles. The number of hydrogen-bond donors (Lipinski definition) is 1. The predicted octanol–water partition coefficient (Wildman–Crippen LogP) is 1.95. The first-order valence-electron chi connectivity index (χ1n) is 8.72. The van der Waals surface area contributed by atoms with E-state index in [1.165, 1.54) is 38.5 Å². The molecule has 0 bridgehead atoms. The van der Waals surface area contributed by atoms with E-state index in [4.69, 9.17) is 0 Å². The van der Waals surface area contributed by atoms with Crippen LogP contribution in [0.25, 0.3) is 0 Å². The molecule has 1 saturated heterocycles. The zero-order chi connectivity index (χ0) is 15.2. The van der Waals surface area contributed by atoms with Gasteiger partial charge in [0.25, 0.3) is 0 Å².